The van der Waals surface area contributed by atoms with E-state index < -0.39 is 12.3 Å². The minimum Gasteiger partial charge on any atom is -0.247 e. The molecule has 2 aliphatic carbocycles. The van der Waals surface area contributed by atoms with E-state index in [0.717, 1.165) is 19.3 Å². The van der Waals surface area contributed by atoms with Gasteiger partial charge in [-0.15, -0.1) is 0 Å². The highest BCUT2D eigenvalue weighted by molar-refractivity contribution is 5.20. The number of alkyl halides is 2. The monoisotopic (exact) mass is 178 g/mol. The van der Waals surface area contributed by atoms with E-state index in [0.29, 0.717) is 5.92 Å². The first-order valence-corrected chi connectivity index (χ1v) is 3.89. The second-order valence-electron chi connectivity index (χ2n) is 2.99. The molecule has 0 spiro atoms. The Morgan fingerprint density at radius 3 is 1.42 bits per heavy atom. The van der Waals surface area contributed by atoms with E-state index in [9.17, 15) is 8.78 Å². The summed E-state index contributed by atoms with van der Waals surface area (Å²) in [6, 6.07) is 0. The molecule has 0 unspecified atom stereocenters. The average Bonchev–Trinajstić information content (AvgIpc) is 2.84. The van der Waals surface area contributed by atoms with Gasteiger partial charge in [-0.05, 0) is 25.2 Å². The van der Waals surface area contributed by atoms with Crippen LogP contribution in [0.3, 0.4) is 0 Å². The summed E-state index contributed by atoms with van der Waals surface area (Å²) in [5.74, 6) is 0.384. The molecule has 0 N–H and O–H groups in total. The van der Waals surface area contributed by atoms with Crippen LogP contribution in [-0.2, 0) is 9.59 Å². The van der Waals surface area contributed by atoms with Gasteiger partial charge in [0, 0.05) is 0 Å². The minimum absolute atomic E-state index is 0.250. The van der Waals surface area contributed by atoms with Gasteiger partial charge in [-0.1, -0.05) is 6.92 Å². The van der Waals surface area contributed by atoms with Gasteiger partial charge >= 0.3 is 6.15 Å². The van der Waals surface area contributed by atoms with Crippen molar-refractivity contribution in [3.8, 4) is 0 Å². The summed E-state index contributed by atoms with van der Waals surface area (Å²) < 4.78 is 22.6. The Balaban J connectivity index is 0.000000158. The summed E-state index contributed by atoms with van der Waals surface area (Å²) in [4.78, 5) is 16.2. The molecule has 12 heavy (non-hydrogen) atoms. The third-order valence-electron chi connectivity index (χ3n) is 1.52. The maximum Gasteiger partial charge on any atom is 0.373 e. The van der Waals surface area contributed by atoms with Crippen LogP contribution in [0.5, 0.6) is 0 Å². The highest BCUT2D eigenvalue weighted by Gasteiger charge is 2.31. The quantitative estimate of drug-likeness (QED) is 0.567. The van der Waals surface area contributed by atoms with E-state index in [4.69, 9.17) is 9.59 Å². The largest absolute Gasteiger partial charge is 0.373 e. The molecule has 0 aromatic heterocycles. The highest BCUT2D eigenvalue weighted by Crippen LogP contribution is 2.32. The number of rotatable bonds is 0. The topological polar surface area (TPSA) is 34.1 Å². The Morgan fingerprint density at radius 1 is 1.25 bits per heavy atom. The summed E-state index contributed by atoms with van der Waals surface area (Å²) in [6.45, 7) is 1.92. The molecule has 2 fully saturated rings. The van der Waals surface area contributed by atoms with Crippen molar-refractivity contribution >= 4 is 6.15 Å². The molecule has 70 valence electrons. The lowest BCUT2D eigenvalue weighted by molar-refractivity contribution is -0.191. The standard InChI is InChI=1S/C4H7F.C3H5F.CO2/c1-3-2-4(3)5;4-3-1-2-3;2-1-3/h3-4H,2H2,1H3;3H,1-2H2;/t3-,4-;;/m1../s1. The van der Waals surface area contributed by atoms with Gasteiger partial charge in [0.15, 0.2) is 0 Å². The van der Waals surface area contributed by atoms with Crippen molar-refractivity contribution in [3.05, 3.63) is 0 Å². The summed E-state index contributed by atoms with van der Waals surface area (Å²) in [5, 5.41) is 0. The molecular formula is C8H12F2O2. The fraction of sp³-hybridized carbons (Fsp3) is 0.875. The van der Waals surface area contributed by atoms with E-state index in [-0.39, 0.29) is 6.15 Å². The lowest BCUT2D eigenvalue weighted by atomic mass is 10.5. The molecule has 2 nitrogen and oxygen atoms in total. The second-order valence-corrected chi connectivity index (χ2v) is 2.99. The van der Waals surface area contributed by atoms with Crippen molar-refractivity contribution in [2.45, 2.75) is 38.5 Å². The Kier molecular flexibility index (Phi) is 5.47. The van der Waals surface area contributed by atoms with E-state index in [1.165, 1.54) is 0 Å². The van der Waals surface area contributed by atoms with E-state index >= 15 is 0 Å². The fourth-order valence-corrected chi connectivity index (χ4v) is 0.340. The van der Waals surface area contributed by atoms with Gasteiger partial charge in [-0.25, -0.2) is 8.78 Å². The van der Waals surface area contributed by atoms with Crippen molar-refractivity contribution in [1.82, 2.24) is 0 Å². The number of halogens is 2. The van der Waals surface area contributed by atoms with E-state index in [1.54, 1.807) is 0 Å². The normalized spacial score (nSPS) is 29.9. The maximum absolute atomic E-state index is 11.5. The SMILES string of the molecule is C[C@@H]1C[C@H]1F.FC1CC1.O=C=O. The zero-order valence-corrected chi connectivity index (χ0v) is 6.93. The Hall–Kier alpha value is -0.760. The molecule has 0 aliphatic heterocycles. The van der Waals surface area contributed by atoms with Crippen molar-refractivity contribution in [1.29, 1.82) is 0 Å². The van der Waals surface area contributed by atoms with Crippen LogP contribution in [-0.4, -0.2) is 18.5 Å². The predicted molar refractivity (Wildman–Crippen MR) is 37.8 cm³/mol. The number of carbonyl (C=O) groups excluding carboxylic acids is 2. The number of hydrogen-bond donors (Lipinski definition) is 0. The van der Waals surface area contributed by atoms with Crippen LogP contribution in [0.1, 0.15) is 26.2 Å². The fourth-order valence-electron chi connectivity index (χ4n) is 0.340. The Morgan fingerprint density at radius 2 is 1.42 bits per heavy atom. The third kappa shape index (κ3) is 9.24. The molecule has 2 aliphatic rings. The van der Waals surface area contributed by atoms with Gasteiger partial charge in [0.05, 0.1) is 0 Å². The summed E-state index contributed by atoms with van der Waals surface area (Å²) in [7, 11) is 0. The molecular weight excluding hydrogens is 166 g/mol. The predicted octanol–water partition coefficient (Wildman–Crippen LogP) is 1.90. The molecule has 4 heteroatoms. The van der Waals surface area contributed by atoms with Crippen molar-refractivity contribution in [3.63, 3.8) is 0 Å². The molecule has 0 aromatic rings. The summed E-state index contributed by atoms with van der Waals surface area (Å²) >= 11 is 0. The molecule has 0 saturated heterocycles. The zero-order valence-electron chi connectivity index (χ0n) is 6.93. The van der Waals surface area contributed by atoms with Crippen molar-refractivity contribution < 1.29 is 18.4 Å². The van der Waals surface area contributed by atoms with Gasteiger partial charge in [-0.3, -0.25) is 0 Å². The van der Waals surface area contributed by atoms with Crippen LogP contribution in [0.4, 0.5) is 8.78 Å². The first-order chi connectivity index (χ1) is 5.61. The molecule has 2 atom stereocenters. The lowest BCUT2D eigenvalue weighted by Gasteiger charge is -1.63. The summed E-state index contributed by atoms with van der Waals surface area (Å²) in [5.41, 5.74) is 0. The first-order valence-electron chi connectivity index (χ1n) is 3.89. The summed E-state index contributed by atoms with van der Waals surface area (Å²) in [6.07, 6.45) is 1.83. The van der Waals surface area contributed by atoms with Crippen molar-refractivity contribution in [2.75, 3.05) is 0 Å². The van der Waals surface area contributed by atoms with Gasteiger partial charge < -0.3 is 0 Å². The molecule has 0 aromatic carbocycles. The molecule has 0 amide bonds. The minimum atomic E-state index is -0.449. The van der Waals surface area contributed by atoms with E-state index in [2.05, 4.69) is 0 Å². The van der Waals surface area contributed by atoms with Gasteiger partial charge in [-0.2, -0.15) is 9.59 Å². The van der Waals surface area contributed by atoms with Crippen LogP contribution in [0, 0.1) is 5.92 Å². The van der Waals surface area contributed by atoms with Gasteiger partial charge in [0.1, 0.15) is 12.3 Å². The third-order valence-corrected chi connectivity index (χ3v) is 1.52. The molecule has 2 rings (SSSR count). The lowest BCUT2D eigenvalue weighted by Crippen LogP contribution is -1.63. The molecule has 0 heterocycles. The smallest absolute Gasteiger partial charge is 0.247 e. The highest BCUT2D eigenvalue weighted by atomic mass is 19.1. The number of hydrogen-bond acceptors (Lipinski definition) is 2. The molecule has 2 saturated carbocycles. The van der Waals surface area contributed by atoms with Crippen LogP contribution in [0.2, 0.25) is 0 Å². The molecule has 0 radical (unpaired) electrons. The van der Waals surface area contributed by atoms with Crippen LogP contribution < -0.4 is 0 Å². The van der Waals surface area contributed by atoms with Crippen LogP contribution >= 0.6 is 0 Å². The maximum atomic E-state index is 11.5. The Labute approximate surface area is 69.9 Å². The van der Waals surface area contributed by atoms with Gasteiger partial charge in [0.25, 0.3) is 0 Å². The second kappa shape index (κ2) is 5.84. The van der Waals surface area contributed by atoms with Gasteiger partial charge in [0.2, 0.25) is 0 Å². The average molecular weight is 178 g/mol. The Bertz CT molecular complexity index is 145. The van der Waals surface area contributed by atoms with Crippen molar-refractivity contribution in [2.24, 2.45) is 5.92 Å². The first kappa shape index (κ1) is 11.2. The van der Waals surface area contributed by atoms with Crippen LogP contribution in [0.25, 0.3) is 0 Å². The van der Waals surface area contributed by atoms with E-state index in [1.807, 2.05) is 6.92 Å². The molecule has 0 bridgehead atoms. The zero-order chi connectivity index (χ0) is 9.56. The van der Waals surface area contributed by atoms with Crippen LogP contribution in [0.15, 0.2) is 0 Å².